The lowest BCUT2D eigenvalue weighted by Gasteiger charge is -2.12. The molecule has 4 nitrogen and oxygen atoms in total. The molecule has 2 aromatic rings. The fourth-order valence-corrected chi connectivity index (χ4v) is 3.34. The number of halogens is 4. The van der Waals surface area contributed by atoms with Gasteiger partial charge in [0.25, 0.3) is 10.0 Å². The Morgan fingerprint density at radius 3 is 2.38 bits per heavy atom. The molecule has 0 fully saturated rings. The van der Waals surface area contributed by atoms with Crippen LogP contribution in [0.3, 0.4) is 0 Å². The van der Waals surface area contributed by atoms with E-state index in [0.29, 0.717) is 0 Å². The fraction of sp³-hybridized carbons (Fsp3) is 0. The first-order chi connectivity index (χ1) is 9.72. The van der Waals surface area contributed by atoms with Crippen molar-refractivity contribution in [3.8, 4) is 0 Å². The van der Waals surface area contributed by atoms with Gasteiger partial charge in [0.15, 0.2) is 5.82 Å². The molecular formula is C12H8Cl2F2N2O2S. The summed E-state index contributed by atoms with van der Waals surface area (Å²) in [5.74, 6) is -2.09. The smallest absolute Gasteiger partial charge is 0.265 e. The summed E-state index contributed by atoms with van der Waals surface area (Å²) in [6, 6.07) is 5.52. The molecule has 2 rings (SSSR count). The van der Waals surface area contributed by atoms with Crippen LogP contribution in [0, 0.1) is 11.6 Å². The van der Waals surface area contributed by atoms with Gasteiger partial charge in [-0.05, 0) is 24.3 Å². The highest BCUT2D eigenvalue weighted by Crippen LogP contribution is 2.30. The summed E-state index contributed by atoms with van der Waals surface area (Å²) in [6.45, 7) is 0. The highest BCUT2D eigenvalue weighted by Gasteiger charge is 2.24. The lowest BCUT2D eigenvalue weighted by molar-refractivity contribution is 0.570. The van der Waals surface area contributed by atoms with Crippen molar-refractivity contribution in [2.45, 2.75) is 4.90 Å². The van der Waals surface area contributed by atoms with E-state index in [1.807, 2.05) is 4.72 Å². The number of hydrogen-bond donors (Lipinski definition) is 2. The van der Waals surface area contributed by atoms with E-state index in [9.17, 15) is 17.2 Å². The molecule has 0 spiro atoms. The van der Waals surface area contributed by atoms with Crippen molar-refractivity contribution in [3.05, 3.63) is 52.0 Å². The molecule has 0 bridgehead atoms. The van der Waals surface area contributed by atoms with E-state index in [2.05, 4.69) is 0 Å². The monoisotopic (exact) mass is 352 g/mol. The molecule has 0 aliphatic rings. The standard InChI is InChI=1S/C12H8Cl2F2N2O2S/c13-7-2-1-3-9(15)12(7)18-21(19,20)10-5-6(17)4-8(14)11(10)16/h1-5,18H,17H2. The lowest BCUT2D eigenvalue weighted by atomic mass is 10.3. The van der Waals surface area contributed by atoms with Gasteiger partial charge in [-0.3, -0.25) is 4.72 Å². The van der Waals surface area contributed by atoms with Crippen LogP contribution in [0.4, 0.5) is 20.2 Å². The number of nitrogens with one attached hydrogen (secondary N) is 1. The summed E-state index contributed by atoms with van der Waals surface area (Å²) in [7, 11) is -4.45. The molecular weight excluding hydrogens is 345 g/mol. The van der Waals surface area contributed by atoms with Crippen LogP contribution in [0.5, 0.6) is 0 Å². The average molecular weight is 353 g/mol. The van der Waals surface area contributed by atoms with E-state index in [1.165, 1.54) is 12.1 Å². The second kappa shape index (κ2) is 5.67. The van der Waals surface area contributed by atoms with Crippen molar-refractivity contribution in [2.75, 3.05) is 10.5 Å². The Bertz CT molecular complexity index is 793. The van der Waals surface area contributed by atoms with Gasteiger partial charge < -0.3 is 5.73 Å². The number of benzene rings is 2. The van der Waals surface area contributed by atoms with Crippen molar-refractivity contribution in [2.24, 2.45) is 0 Å². The zero-order valence-corrected chi connectivity index (χ0v) is 12.5. The number of rotatable bonds is 3. The third-order valence-corrected chi connectivity index (χ3v) is 4.44. The van der Waals surface area contributed by atoms with Crippen molar-refractivity contribution in [3.63, 3.8) is 0 Å². The zero-order chi connectivity index (χ0) is 15.8. The van der Waals surface area contributed by atoms with Crippen LogP contribution in [0.1, 0.15) is 0 Å². The lowest BCUT2D eigenvalue weighted by Crippen LogP contribution is -2.16. The minimum Gasteiger partial charge on any atom is -0.399 e. The molecule has 0 saturated carbocycles. The summed E-state index contributed by atoms with van der Waals surface area (Å²) in [4.78, 5) is -0.799. The maximum atomic E-state index is 13.8. The highest BCUT2D eigenvalue weighted by atomic mass is 35.5. The molecule has 2 aromatic carbocycles. The van der Waals surface area contributed by atoms with Gasteiger partial charge in [-0.25, -0.2) is 17.2 Å². The predicted octanol–water partition coefficient (Wildman–Crippen LogP) is 3.65. The molecule has 0 radical (unpaired) electrons. The van der Waals surface area contributed by atoms with Crippen molar-refractivity contribution in [1.29, 1.82) is 0 Å². The Morgan fingerprint density at radius 1 is 1.10 bits per heavy atom. The number of anilines is 2. The number of para-hydroxylation sites is 1. The van der Waals surface area contributed by atoms with E-state index < -0.39 is 37.3 Å². The van der Waals surface area contributed by atoms with Gasteiger partial charge in [0.1, 0.15) is 16.4 Å². The normalized spacial score (nSPS) is 11.4. The third kappa shape index (κ3) is 3.20. The van der Waals surface area contributed by atoms with E-state index >= 15 is 0 Å². The number of hydrogen-bond acceptors (Lipinski definition) is 3. The summed E-state index contributed by atoms with van der Waals surface area (Å²) in [5, 5.41) is -0.635. The average Bonchev–Trinajstić information content (AvgIpc) is 2.38. The Balaban J connectivity index is 2.54. The van der Waals surface area contributed by atoms with Gasteiger partial charge in [0, 0.05) is 5.69 Å². The van der Waals surface area contributed by atoms with Gasteiger partial charge >= 0.3 is 0 Å². The molecule has 3 N–H and O–H groups in total. The molecule has 0 heterocycles. The van der Waals surface area contributed by atoms with Crippen LogP contribution in [-0.2, 0) is 10.0 Å². The fourth-order valence-electron chi connectivity index (χ4n) is 1.56. The Kier molecular flexibility index (Phi) is 4.27. The van der Waals surface area contributed by atoms with Crippen molar-refractivity contribution in [1.82, 2.24) is 0 Å². The largest absolute Gasteiger partial charge is 0.399 e. The van der Waals surface area contributed by atoms with Gasteiger partial charge in [-0.1, -0.05) is 29.3 Å². The number of nitrogens with two attached hydrogens (primary N) is 1. The minimum atomic E-state index is -4.45. The van der Waals surface area contributed by atoms with Crippen molar-refractivity contribution >= 4 is 44.6 Å². The molecule has 9 heteroatoms. The van der Waals surface area contributed by atoms with E-state index in [4.69, 9.17) is 28.9 Å². The second-order valence-electron chi connectivity index (χ2n) is 4.02. The van der Waals surface area contributed by atoms with Gasteiger partial charge in [-0.15, -0.1) is 0 Å². The topological polar surface area (TPSA) is 72.2 Å². The third-order valence-electron chi connectivity index (χ3n) is 2.51. The maximum Gasteiger partial charge on any atom is 0.265 e. The van der Waals surface area contributed by atoms with Gasteiger partial charge in [-0.2, -0.15) is 0 Å². The zero-order valence-electron chi connectivity index (χ0n) is 10.2. The molecule has 0 amide bonds. The van der Waals surface area contributed by atoms with E-state index in [-0.39, 0.29) is 10.7 Å². The molecule has 0 saturated heterocycles. The quantitative estimate of drug-likeness (QED) is 0.828. The van der Waals surface area contributed by atoms with Crippen LogP contribution in [0.2, 0.25) is 10.0 Å². The van der Waals surface area contributed by atoms with E-state index in [0.717, 1.165) is 18.2 Å². The first kappa shape index (κ1) is 15.8. The molecule has 0 aromatic heterocycles. The first-order valence-electron chi connectivity index (χ1n) is 5.43. The summed E-state index contributed by atoms with van der Waals surface area (Å²) >= 11 is 11.3. The summed E-state index contributed by atoms with van der Waals surface area (Å²) in [5.41, 5.74) is 4.89. The SMILES string of the molecule is Nc1cc(Cl)c(F)c(S(=O)(=O)Nc2c(F)cccc2Cl)c1. The molecule has 112 valence electrons. The molecule has 0 atom stereocenters. The van der Waals surface area contributed by atoms with Crippen LogP contribution in [-0.4, -0.2) is 8.42 Å². The Hall–Kier alpha value is -1.57. The number of sulfonamides is 1. The first-order valence-corrected chi connectivity index (χ1v) is 7.67. The Labute approximate surface area is 129 Å². The van der Waals surface area contributed by atoms with E-state index in [1.54, 1.807) is 0 Å². The van der Waals surface area contributed by atoms with Crippen molar-refractivity contribution < 1.29 is 17.2 Å². The molecule has 0 unspecified atom stereocenters. The molecule has 21 heavy (non-hydrogen) atoms. The Morgan fingerprint density at radius 2 is 1.76 bits per heavy atom. The molecule has 0 aliphatic carbocycles. The highest BCUT2D eigenvalue weighted by molar-refractivity contribution is 7.92. The maximum absolute atomic E-state index is 13.8. The van der Waals surface area contributed by atoms with Crippen LogP contribution in [0.25, 0.3) is 0 Å². The predicted molar refractivity (Wildman–Crippen MR) is 78.0 cm³/mol. The van der Waals surface area contributed by atoms with Gasteiger partial charge in [0.2, 0.25) is 0 Å². The van der Waals surface area contributed by atoms with Gasteiger partial charge in [0.05, 0.1) is 10.0 Å². The summed E-state index contributed by atoms with van der Waals surface area (Å²) < 4.78 is 53.6. The molecule has 0 aliphatic heterocycles. The minimum absolute atomic E-state index is 0.0543. The van der Waals surface area contributed by atoms with Crippen LogP contribution in [0.15, 0.2) is 35.2 Å². The van der Waals surface area contributed by atoms with Crippen LogP contribution < -0.4 is 10.5 Å². The summed E-state index contributed by atoms with van der Waals surface area (Å²) in [6.07, 6.45) is 0. The second-order valence-corrected chi connectivity index (χ2v) is 6.48. The van der Waals surface area contributed by atoms with Crippen LogP contribution >= 0.6 is 23.2 Å². The number of nitrogen functional groups attached to an aromatic ring is 1.